The first-order valence-corrected chi connectivity index (χ1v) is 11.5. The summed E-state index contributed by atoms with van der Waals surface area (Å²) in [5.41, 5.74) is 2.41. The molecule has 35 heavy (non-hydrogen) atoms. The third kappa shape index (κ3) is 4.80. The van der Waals surface area contributed by atoms with Gasteiger partial charge in [0.05, 0.1) is 24.0 Å². The van der Waals surface area contributed by atoms with Crippen molar-refractivity contribution in [3.63, 3.8) is 0 Å². The van der Waals surface area contributed by atoms with Gasteiger partial charge in [-0.05, 0) is 18.9 Å². The third-order valence-corrected chi connectivity index (χ3v) is 6.35. The SMILES string of the molecule is COc1cc(-c2cc(C(=O)N3CCC(C(=O)NCc4cnc5nccn5c4)CC3)n[nH]2)c(Cl)cn1. The number of nitrogens with one attached hydrogen (secondary N) is 2. The molecule has 0 unspecified atom stereocenters. The molecule has 180 valence electrons. The first-order valence-electron chi connectivity index (χ1n) is 11.1. The Labute approximate surface area is 205 Å². The molecule has 0 aromatic carbocycles. The summed E-state index contributed by atoms with van der Waals surface area (Å²) in [4.78, 5) is 39.8. The number of methoxy groups -OCH3 is 1. The third-order valence-electron chi connectivity index (χ3n) is 6.05. The van der Waals surface area contributed by atoms with Gasteiger partial charge in [0, 0.05) is 67.5 Å². The molecule has 1 aliphatic rings. The van der Waals surface area contributed by atoms with Gasteiger partial charge in [-0.1, -0.05) is 11.6 Å². The van der Waals surface area contributed by atoms with Crippen LogP contribution < -0.4 is 10.1 Å². The minimum Gasteiger partial charge on any atom is -0.481 e. The molecule has 4 aromatic heterocycles. The van der Waals surface area contributed by atoms with Gasteiger partial charge in [-0.15, -0.1) is 0 Å². The van der Waals surface area contributed by atoms with Gasteiger partial charge in [-0.25, -0.2) is 15.0 Å². The molecular formula is C23H23ClN8O3. The minimum atomic E-state index is -0.191. The lowest BCUT2D eigenvalue weighted by Gasteiger charge is -2.30. The molecular weight excluding hydrogens is 472 g/mol. The van der Waals surface area contributed by atoms with Crippen molar-refractivity contribution in [2.75, 3.05) is 20.2 Å². The Kier molecular flexibility index (Phi) is 6.32. The average Bonchev–Trinajstić information content (AvgIpc) is 3.57. The van der Waals surface area contributed by atoms with E-state index in [1.807, 2.05) is 16.8 Å². The molecule has 0 atom stereocenters. The number of aromatic nitrogens is 6. The number of ether oxygens (including phenoxy) is 1. The van der Waals surface area contributed by atoms with Crippen molar-refractivity contribution >= 4 is 29.2 Å². The Bertz CT molecular complexity index is 1380. The maximum absolute atomic E-state index is 13.0. The summed E-state index contributed by atoms with van der Waals surface area (Å²) in [6.07, 6.45) is 9.74. The van der Waals surface area contributed by atoms with Crippen LogP contribution in [-0.2, 0) is 11.3 Å². The highest BCUT2D eigenvalue weighted by atomic mass is 35.5. The lowest BCUT2D eigenvalue weighted by Crippen LogP contribution is -2.43. The Morgan fingerprint density at radius 1 is 1.20 bits per heavy atom. The molecule has 5 rings (SSSR count). The number of aromatic amines is 1. The second kappa shape index (κ2) is 9.71. The van der Waals surface area contributed by atoms with Gasteiger partial charge in [0.2, 0.25) is 17.6 Å². The van der Waals surface area contributed by atoms with Crippen LogP contribution in [0.1, 0.15) is 28.9 Å². The van der Waals surface area contributed by atoms with E-state index < -0.39 is 0 Å². The molecule has 4 aromatic rings. The van der Waals surface area contributed by atoms with Crippen molar-refractivity contribution in [2.24, 2.45) is 5.92 Å². The zero-order chi connectivity index (χ0) is 24.4. The van der Waals surface area contributed by atoms with Gasteiger partial charge in [0.1, 0.15) is 0 Å². The van der Waals surface area contributed by atoms with Crippen molar-refractivity contribution < 1.29 is 14.3 Å². The zero-order valence-corrected chi connectivity index (χ0v) is 19.7. The lowest BCUT2D eigenvalue weighted by molar-refractivity contribution is -0.126. The van der Waals surface area contributed by atoms with E-state index in [2.05, 4.69) is 30.5 Å². The van der Waals surface area contributed by atoms with Crippen LogP contribution in [-0.4, -0.2) is 66.5 Å². The monoisotopic (exact) mass is 494 g/mol. The number of carbonyl (C=O) groups excluding carboxylic acids is 2. The van der Waals surface area contributed by atoms with Crippen LogP contribution in [0.25, 0.3) is 17.0 Å². The molecule has 1 fully saturated rings. The van der Waals surface area contributed by atoms with E-state index in [0.717, 1.165) is 5.56 Å². The second-order valence-electron chi connectivity index (χ2n) is 8.25. The summed E-state index contributed by atoms with van der Waals surface area (Å²) in [5.74, 6) is 0.659. The number of pyridine rings is 1. The summed E-state index contributed by atoms with van der Waals surface area (Å²) in [6.45, 7) is 1.34. The number of rotatable bonds is 6. The molecule has 1 saturated heterocycles. The van der Waals surface area contributed by atoms with E-state index in [1.165, 1.54) is 13.3 Å². The van der Waals surface area contributed by atoms with E-state index in [1.54, 1.807) is 29.4 Å². The van der Waals surface area contributed by atoms with Gasteiger partial charge in [0.15, 0.2) is 5.69 Å². The molecule has 12 heteroatoms. The Balaban J connectivity index is 1.16. The van der Waals surface area contributed by atoms with Crippen molar-refractivity contribution in [3.8, 4) is 17.1 Å². The predicted octanol–water partition coefficient (Wildman–Crippen LogP) is 2.34. The highest BCUT2D eigenvalue weighted by molar-refractivity contribution is 6.33. The fourth-order valence-corrected chi connectivity index (χ4v) is 4.30. The largest absolute Gasteiger partial charge is 0.481 e. The van der Waals surface area contributed by atoms with Gasteiger partial charge in [-0.2, -0.15) is 5.10 Å². The highest BCUT2D eigenvalue weighted by Gasteiger charge is 2.29. The number of hydrogen-bond donors (Lipinski definition) is 2. The Morgan fingerprint density at radius 2 is 2.03 bits per heavy atom. The van der Waals surface area contributed by atoms with Crippen LogP contribution in [0.15, 0.2) is 43.1 Å². The van der Waals surface area contributed by atoms with Crippen molar-refractivity contribution in [1.82, 2.24) is 39.8 Å². The number of likely N-dealkylation sites (tertiary alicyclic amines) is 1. The number of piperidine rings is 1. The highest BCUT2D eigenvalue weighted by Crippen LogP contribution is 2.29. The lowest BCUT2D eigenvalue weighted by atomic mass is 9.95. The number of imidazole rings is 1. The van der Waals surface area contributed by atoms with Gasteiger partial charge in [0.25, 0.3) is 5.91 Å². The molecule has 0 aliphatic carbocycles. The summed E-state index contributed by atoms with van der Waals surface area (Å²) in [5, 5.41) is 10.4. The topological polar surface area (TPSA) is 130 Å². The first kappa shape index (κ1) is 22.8. The van der Waals surface area contributed by atoms with Gasteiger partial charge in [-0.3, -0.25) is 19.1 Å². The first-order chi connectivity index (χ1) is 17.0. The molecule has 0 spiro atoms. The van der Waals surface area contributed by atoms with Gasteiger partial charge < -0.3 is 15.0 Å². The van der Waals surface area contributed by atoms with E-state index in [0.29, 0.717) is 60.4 Å². The van der Waals surface area contributed by atoms with Gasteiger partial charge >= 0.3 is 0 Å². The number of amides is 2. The maximum atomic E-state index is 13.0. The van der Waals surface area contributed by atoms with E-state index in [4.69, 9.17) is 16.3 Å². The molecule has 5 heterocycles. The second-order valence-corrected chi connectivity index (χ2v) is 8.66. The number of fused-ring (bicyclic) bond motifs is 1. The smallest absolute Gasteiger partial charge is 0.274 e. The van der Waals surface area contributed by atoms with Crippen LogP contribution in [0.4, 0.5) is 0 Å². The molecule has 1 aliphatic heterocycles. The molecule has 0 radical (unpaired) electrons. The van der Waals surface area contributed by atoms with Crippen LogP contribution in [0.2, 0.25) is 5.02 Å². The predicted molar refractivity (Wildman–Crippen MR) is 127 cm³/mol. The Hall–Kier alpha value is -3.99. The number of halogens is 1. The molecule has 2 amide bonds. The number of carbonyl (C=O) groups is 2. The summed E-state index contributed by atoms with van der Waals surface area (Å²) < 4.78 is 6.96. The van der Waals surface area contributed by atoms with Crippen LogP contribution in [0.3, 0.4) is 0 Å². The van der Waals surface area contributed by atoms with Crippen molar-refractivity contribution in [2.45, 2.75) is 19.4 Å². The van der Waals surface area contributed by atoms with Crippen LogP contribution in [0, 0.1) is 5.92 Å². The standard InChI is InChI=1S/C23H23ClN8O3/c1-35-20-8-16(17(24)12-26-20)18-9-19(30-29-18)22(34)31-5-2-15(3-6-31)21(33)27-10-14-11-28-23-25-4-7-32(23)13-14/h4,7-9,11-13,15H,2-3,5-6,10H2,1H3,(H,27,33)(H,29,30). The van der Waals surface area contributed by atoms with Crippen LogP contribution in [0.5, 0.6) is 5.88 Å². The van der Waals surface area contributed by atoms with E-state index in [9.17, 15) is 9.59 Å². The maximum Gasteiger partial charge on any atom is 0.274 e. The average molecular weight is 495 g/mol. The fourth-order valence-electron chi connectivity index (χ4n) is 4.10. The van der Waals surface area contributed by atoms with Crippen molar-refractivity contribution in [1.29, 1.82) is 0 Å². The summed E-state index contributed by atoms with van der Waals surface area (Å²) in [7, 11) is 1.52. The molecule has 2 N–H and O–H groups in total. The molecule has 11 nitrogen and oxygen atoms in total. The Morgan fingerprint density at radius 3 is 2.83 bits per heavy atom. The summed E-state index contributed by atoms with van der Waals surface area (Å²) >= 11 is 6.25. The quantitative estimate of drug-likeness (QED) is 0.420. The minimum absolute atomic E-state index is 0.0221. The summed E-state index contributed by atoms with van der Waals surface area (Å²) in [6, 6.07) is 3.34. The number of hydrogen-bond acceptors (Lipinski definition) is 7. The van der Waals surface area contributed by atoms with E-state index in [-0.39, 0.29) is 23.4 Å². The van der Waals surface area contributed by atoms with Crippen molar-refractivity contribution in [3.05, 3.63) is 59.4 Å². The fraction of sp³-hybridized carbons (Fsp3) is 0.304. The normalized spacial score (nSPS) is 14.3. The molecule has 0 bridgehead atoms. The van der Waals surface area contributed by atoms with E-state index >= 15 is 0 Å². The zero-order valence-electron chi connectivity index (χ0n) is 18.9. The number of H-pyrrole nitrogens is 1. The number of nitrogens with zero attached hydrogens (tertiary/aromatic N) is 6. The molecule has 0 saturated carbocycles. The van der Waals surface area contributed by atoms with Crippen LogP contribution >= 0.6 is 11.6 Å².